The van der Waals surface area contributed by atoms with Crippen molar-refractivity contribution in [1.82, 2.24) is 14.8 Å². The predicted molar refractivity (Wildman–Crippen MR) is 148 cm³/mol. The van der Waals surface area contributed by atoms with Crippen LogP contribution in [0, 0.1) is 6.92 Å². The third-order valence-electron chi connectivity index (χ3n) is 5.59. The third kappa shape index (κ3) is 6.93. The molecule has 3 aromatic rings. The van der Waals surface area contributed by atoms with Gasteiger partial charge in [0.05, 0.1) is 22.3 Å². The molecule has 0 aliphatic carbocycles. The molecule has 0 bridgehead atoms. The quantitative estimate of drug-likeness (QED) is 0.251. The molecule has 2 aromatic heterocycles. The normalized spacial score (nSPS) is 12.0. The Balaban J connectivity index is 1.66. The number of rotatable bonds is 11. The number of thiophene rings is 1. The summed E-state index contributed by atoms with van der Waals surface area (Å²) in [5.74, 6) is 0.0805. The maximum atomic E-state index is 12.8. The molecule has 12 heteroatoms. The van der Waals surface area contributed by atoms with E-state index in [2.05, 4.69) is 29.4 Å². The van der Waals surface area contributed by atoms with E-state index in [0.717, 1.165) is 17.1 Å². The smallest absolute Gasteiger partial charge is 0.341 e. The molecule has 10 nitrogen and oxygen atoms in total. The molecule has 204 valence electrons. The van der Waals surface area contributed by atoms with Gasteiger partial charge in [-0.25, -0.2) is 4.79 Å². The zero-order valence-electron chi connectivity index (χ0n) is 22.5. The lowest BCUT2D eigenvalue weighted by Gasteiger charge is -2.15. The van der Waals surface area contributed by atoms with Crippen LogP contribution in [0.2, 0.25) is 0 Å². The van der Waals surface area contributed by atoms with Gasteiger partial charge in [0, 0.05) is 7.05 Å². The van der Waals surface area contributed by atoms with Gasteiger partial charge < -0.3 is 25.1 Å². The number of hydrogen-bond donors (Lipinski definition) is 2. The lowest BCUT2D eigenvalue weighted by Crippen LogP contribution is -2.18. The van der Waals surface area contributed by atoms with Crippen molar-refractivity contribution in [3.8, 4) is 5.75 Å². The van der Waals surface area contributed by atoms with E-state index in [-0.39, 0.29) is 39.3 Å². The average Bonchev–Trinajstić information content (AvgIpc) is 3.36. The molecule has 1 atom stereocenters. The minimum atomic E-state index is -0.681. The number of nitrogens with one attached hydrogen (secondary N) is 1. The second-order valence-electron chi connectivity index (χ2n) is 9.30. The number of nitrogens with zero attached hydrogens (tertiary/aromatic N) is 3. The van der Waals surface area contributed by atoms with Crippen molar-refractivity contribution in [3.05, 3.63) is 51.7 Å². The summed E-state index contributed by atoms with van der Waals surface area (Å²) in [6.45, 7) is 11.2. The zero-order chi connectivity index (χ0) is 28.1. The molecule has 1 aromatic carbocycles. The number of esters is 1. The summed E-state index contributed by atoms with van der Waals surface area (Å²) in [5, 5.41) is 11.9. The van der Waals surface area contributed by atoms with Crippen LogP contribution in [0.15, 0.2) is 29.4 Å². The number of thioether (sulfide) groups is 1. The SMILES string of the molecule is Cc1c(C(N)=O)sc(NC(=O)CSc2nnc(C(C)Oc3ccc(C(C)C)cc3)n2C)c1C(=O)OC(C)C. The lowest BCUT2D eigenvalue weighted by atomic mass is 10.0. The minimum absolute atomic E-state index is 0.000599. The van der Waals surface area contributed by atoms with Gasteiger partial charge in [-0.2, -0.15) is 0 Å². The topological polar surface area (TPSA) is 138 Å². The number of amides is 2. The largest absolute Gasteiger partial charge is 0.483 e. The number of ether oxygens (including phenoxy) is 2. The maximum Gasteiger partial charge on any atom is 0.341 e. The van der Waals surface area contributed by atoms with Crippen LogP contribution in [0.1, 0.15) is 83.6 Å². The summed E-state index contributed by atoms with van der Waals surface area (Å²) < 4.78 is 13.1. The molecule has 2 amide bonds. The Hall–Kier alpha value is -3.38. The van der Waals surface area contributed by atoms with Crippen LogP contribution >= 0.6 is 23.1 Å². The van der Waals surface area contributed by atoms with Crippen molar-refractivity contribution in [2.75, 3.05) is 11.1 Å². The highest BCUT2D eigenvalue weighted by atomic mass is 32.2. The van der Waals surface area contributed by atoms with Gasteiger partial charge in [-0.15, -0.1) is 21.5 Å². The molecule has 0 saturated carbocycles. The highest BCUT2D eigenvalue weighted by Gasteiger charge is 2.27. The monoisotopic (exact) mass is 559 g/mol. The Morgan fingerprint density at radius 3 is 2.34 bits per heavy atom. The fourth-order valence-corrected chi connectivity index (χ4v) is 5.42. The Bertz CT molecular complexity index is 1310. The number of carbonyl (C=O) groups is 3. The molecule has 0 aliphatic heterocycles. The number of aromatic nitrogens is 3. The van der Waals surface area contributed by atoms with Crippen LogP contribution < -0.4 is 15.8 Å². The molecule has 3 rings (SSSR count). The van der Waals surface area contributed by atoms with Crippen LogP contribution in [0.5, 0.6) is 5.75 Å². The van der Waals surface area contributed by atoms with E-state index in [1.807, 2.05) is 31.2 Å². The first-order chi connectivity index (χ1) is 17.9. The van der Waals surface area contributed by atoms with E-state index in [1.165, 1.54) is 17.3 Å². The van der Waals surface area contributed by atoms with Crippen molar-refractivity contribution >= 4 is 45.9 Å². The highest BCUT2D eigenvalue weighted by molar-refractivity contribution is 7.99. The molecular formula is C26H33N5O5S2. The van der Waals surface area contributed by atoms with E-state index in [4.69, 9.17) is 15.2 Å². The van der Waals surface area contributed by atoms with Gasteiger partial charge in [-0.05, 0) is 56.9 Å². The molecule has 0 aliphatic rings. The first-order valence-electron chi connectivity index (χ1n) is 12.1. The fourth-order valence-electron chi connectivity index (χ4n) is 3.64. The molecule has 3 N–H and O–H groups in total. The zero-order valence-corrected chi connectivity index (χ0v) is 24.2. The van der Waals surface area contributed by atoms with E-state index < -0.39 is 11.9 Å². The Morgan fingerprint density at radius 1 is 1.11 bits per heavy atom. The molecular weight excluding hydrogens is 526 g/mol. The molecule has 1 unspecified atom stereocenters. The molecule has 2 heterocycles. The van der Waals surface area contributed by atoms with E-state index in [9.17, 15) is 14.4 Å². The van der Waals surface area contributed by atoms with Crippen LogP contribution in [-0.4, -0.2) is 44.4 Å². The van der Waals surface area contributed by atoms with Crippen LogP contribution in [-0.2, 0) is 16.6 Å². The number of nitrogens with two attached hydrogens (primary N) is 1. The molecule has 38 heavy (non-hydrogen) atoms. The predicted octanol–water partition coefficient (Wildman–Crippen LogP) is 4.84. The average molecular weight is 560 g/mol. The van der Waals surface area contributed by atoms with Crippen molar-refractivity contribution in [2.45, 2.75) is 64.8 Å². The minimum Gasteiger partial charge on any atom is -0.483 e. The number of hydrogen-bond acceptors (Lipinski definition) is 9. The van der Waals surface area contributed by atoms with Gasteiger partial charge in [-0.3, -0.25) is 9.59 Å². The van der Waals surface area contributed by atoms with E-state index in [1.54, 1.807) is 32.4 Å². The van der Waals surface area contributed by atoms with E-state index in [0.29, 0.717) is 22.5 Å². The van der Waals surface area contributed by atoms with Crippen LogP contribution in [0.25, 0.3) is 0 Å². The standard InChI is InChI=1S/C26H33N5O5S2/c1-13(2)17-8-10-18(11-9-17)36-16(6)23-29-30-26(31(23)7)37-12-19(32)28-24-20(25(34)35-14(3)4)15(5)21(38-24)22(27)33/h8-11,13-14,16H,12H2,1-7H3,(H2,27,33)(H,28,32). The summed E-state index contributed by atoms with van der Waals surface area (Å²) >= 11 is 2.13. The second kappa shape index (κ2) is 12.4. The molecule has 0 saturated heterocycles. The van der Waals surface area contributed by atoms with Crippen molar-refractivity contribution in [3.63, 3.8) is 0 Å². The third-order valence-corrected chi connectivity index (χ3v) is 7.84. The number of anilines is 1. The Morgan fingerprint density at radius 2 is 1.76 bits per heavy atom. The van der Waals surface area contributed by atoms with Gasteiger partial charge >= 0.3 is 5.97 Å². The summed E-state index contributed by atoms with van der Waals surface area (Å²) in [5.41, 5.74) is 7.18. The van der Waals surface area contributed by atoms with E-state index >= 15 is 0 Å². The van der Waals surface area contributed by atoms with Crippen molar-refractivity contribution < 1.29 is 23.9 Å². The first kappa shape index (κ1) is 29.2. The highest BCUT2D eigenvalue weighted by Crippen LogP contribution is 2.34. The number of benzene rings is 1. The van der Waals surface area contributed by atoms with Crippen molar-refractivity contribution in [2.24, 2.45) is 12.8 Å². The Kier molecular flexibility index (Phi) is 9.55. The van der Waals surface area contributed by atoms with Gasteiger partial charge in [0.25, 0.3) is 5.91 Å². The molecule has 0 spiro atoms. The van der Waals surface area contributed by atoms with Gasteiger partial charge in [0.1, 0.15) is 10.8 Å². The van der Waals surface area contributed by atoms with Crippen molar-refractivity contribution in [1.29, 1.82) is 0 Å². The summed E-state index contributed by atoms with van der Waals surface area (Å²) in [7, 11) is 1.80. The van der Waals surface area contributed by atoms with Gasteiger partial charge in [0.15, 0.2) is 17.1 Å². The second-order valence-corrected chi connectivity index (χ2v) is 11.3. The summed E-state index contributed by atoms with van der Waals surface area (Å²) in [4.78, 5) is 37.4. The molecule has 0 fully saturated rings. The maximum absolute atomic E-state index is 12.8. The number of primary amides is 1. The first-order valence-corrected chi connectivity index (χ1v) is 13.9. The summed E-state index contributed by atoms with van der Waals surface area (Å²) in [6.07, 6.45) is -0.731. The number of carbonyl (C=O) groups excluding carboxylic acids is 3. The van der Waals surface area contributed by atoms with Crippen LogP contribution in [0.4, 0.5) is 5.00 Å². The summed E-state index contributed by atoms with van der Waals surface area (Å²) in [6, 6.07) is 7.95. The molecule has 0 radical (unpaired) electrons. The van der Waals surface area contributed by atoms with Gasteiger partial charge in [0.2, 0.25) is 5.91 Å². The fraction of sp³-hybridized carbons (Fsp3) is 0.423. The van der Waals surface area contributed by atoms with Crippen LogP contribution in [0.3, 0.4) is 0 Å². The Labute approximate surface area is 230 Å². The van der Waals surface area contributed by atoms with Gasteiger partial charge in [-0.1, -0.05) is 37.7 Å². The lowest BCUT2D eigenvalue weighted by molar-refractivity contribution is -0.113.